The van der Waals surface area contributed by atoms with Crippen LogP contribution >= 0.6 is 0 Å². The van der Waals surface area contributed by atoms with E-state index in [2.05, 4.69) is 43.3 Å². The molecular formula is C20H17N. The third-order valence-electron chi connectivity index (χ3n) is 4.80. The van der Waals surface area contributed by atoms with E-state index >= 15 is 0 Å². The molecule has 0 fully saturated rings. The number of hydrogen-bond acceptors (Lipinski definition) is 1. The predicted octanol–water partition coefficient (Wildman–Crippen LogP) is 4.67. The van der Waals surface area contributed by atoms with Crippen molar-refractivity contribution in [1.82, 2.24) is 0 Å². The predicted molar refractivity (Wildman–Crippen MR) is 85.8 cm³/mol. The SMILES string of the molecule is Cc1ccc2c(c1)CC/C2=C1/CCc2cc(C#N)ccc21. The second kappa shape index (κ2) is 4.60. The number of rotatable bonds is 0. The summed E-state index contributed by atoms with van der Waals surface area (Å²) in [6, 6.07) is 15.3. The summed E-state index contributed by atoms with van der Waals surface area (Å²) in [5.41, 5.74) is 10.8. The minimum Gasteiger partial charge on any atom is -0.192 e. The highest BCUT2D eigenvalue weighted by Crippen LogP contribution is 2.43. The van der Waals surface area contributed by atoms with Crippen molar-refractivity contribution < 1.29 is 0 Å². The minimum atomic E-state index is 0.780. The van der Waals surface area contributed by atoms with Crippen LogP contribution < -0.4 is 0 Å². The number of nitriles is 1. The Morgan fingerprint density at radius 3 is 2.10 bits per heavy atom. The highest BCUT2D eigenvalue weighted by atomic mass is 14.3. The summed E-state index contributed by atoms with van der Waals surface area (Å²) in [6.07, 6.45) is 4.52. The smallest absolute Gasteiger partial charge is 0.0991 e. The summed E-state index contributed by atoms with van der Waals surface area (Å²) >= 11 is 0. The fourth-order valence-electron chi connectivity index (χ4n) is 3.80. The van der Waals surface area contributed by atoms with Gasteiger partial charge in [-0.1, -0.05) is 29.8 Å². The first-order chi connectivity index (χ1) is 10.3. The zero-order chi connectivity index (χ0) is 14.4. The third-order valence-corrected chi connectivity index (χ3v) is 4.80. The van der Waals surface area contributed by atoms with Crippen molar-refractivity contribution in [2.24, 2.45) is 0 Å². The molecule has 2 aromatic carbocycles. The first-order valence-corrected chi connectivity index (χ1v) is 7.61. The van der Waals surface area contributed by atoms with Gasteiger partial charge in [-0.25, -0.2) is 0 Å². The molecule has 1 nitrogen and oxygen atoms in total. The Hall–Kier alpha value is -2.33. The maximum atomic E-state index is 9.04. The summed E-state index contributed by atoms with van der Waals surface area (Å²) in [7, 11) is 0. The molecule has 21 heavy (non-hydrogen) atoms. The van der Waals surface area contributed by atoms with Gasteiger partial charge in [-0.2, -0.15) is 5.26 Å². The molecule has 0 heterocycles. The number of aryl methyl sites for hydroxylation is 3. The Bertz CT molecular complexity index is 818. The number of hydrogen-bond donors (Lipinski definition) is 0. The molecule has 2 aromatic rings. The molecular weight excluding hydrogens is 254 g/mol. The second-order valence-corrected chi connectivity index (χ2v) is 6.10. The van der Waals surface area contributed by atoms with Gasteiger partial charge in [0.05, 0.1) is 11.6 Å². The Labute approximate surface area is 125 Å². The van der Waals surface area contributed by atoms with Gasteiger partial charge in [-0.05, 0) is 78.1 Å². The summed E-state index contributed by atoms with van der Waals surface area (Å²) in [5, 5.41) is 9.04. The molecule has 2 aliphatic rings. The highest BCUT2D eigenvalue weighted by molar-refractivity contribution is 5.95. The van der Waals surface area contributed by atoms with Gasteiger partial charge in [0.15, 0.2) is 0 Å². The molecule has 102 valence electrons. The van der Waals surface area contributed by atoms with Crippen LogP contribution in [0.1, 0.15) is 46.2 Å². The number of fused-ring (bicyclic) bond motifs is 2. The molecule has 0 bridgehead atoms. The molecule has 0 aliphatic heterocycles. The van der Waals surface area contributed by atoms with E-state index in [0.717, 1.165) is 24.8 Å². The van der Waals surface area contributed by atoms with E-state index in [4.69, 9.17) is 5.26 Å². The topological polar surface area (TPSA) is 23.8 Å². The lowest BCUT2D eigenvalue weighted by molar-refractivity contribution is 1.06. The summed E-state index contributed by atoms with van der Waals surface area (Å²) in [6.45, 7) is 2.17. The van der Waals surface area contributed by atoms with Gasteiger partial charge in [-0.3, -0.25) is 0 Å². The summed E-state index contributed by atoms with van der Waals surface area (Å²) < 4.78 is 0. The van der Waals surface area contributed by atoms with Gasteiger partial charge < -0.3 is 0 Å². The molecule has 2 aliphatic carbocycles. The molecule has 4 rings (SSSR count). The number of nitrogens with zero attached hydrogens (tertiary/aromatic N) is 1. The monoisotopic (exact) mass is 271 g/mol. The maximum absolute atomic E-state index is 9.04. The van der Waals surface area contributed by atoms with Crippen LogP contribution in [0, 0.1) is 18.3 Å². The zero-order valence-corrected chi connectivity index (χ0v) is 12.2. The molecule has 0 spiro atoms. The number of allylic oxidation sites excluding steroid dienone is 2. The quantitative estimate of drug-likeness (QED) is 0.683. The standard InChI is InChI=1S/C20H17N/c1-13-2-6-17-15(10-13)4-8-19(17)20-9-5-16-11-14(12-21)3-7-18(16)20/h2-3,6-7,10-11H,4-5,8-9H2,1H3/b20-19+. The van der Waals surface area contributed by atoms with Crippen LogP contribution in [0.4, 0.5) is 0 Å². The molecule has 0 N–H and O–H groups in total. The van der Waals surface area contributed by atoms with E-state index < -0.39 is 0 Å². The largest absolute Gasteiger partial charge is 0.192 e. The van der Waals surface area contributed by atoms with Crippen molar-refractivity contribution >= 4 is 11.1 Å². The second-order valence-electron chi connectivity index (χ2n) is 6.10. The van der Waals surface area contributed by atoms with Gasteiger partial charge in [0.1, 0.15) is 0 Å². The van der Waals surface area contributed by atoms with Crippen LogP contribution in [-0.4, -0.2) is 0 Å². The van der Waals surface area contributed by atoms with Crippen LogP contribution in [0.3, 0.4) is 0 Å². The van der Waals surface area contributed by atoms with Crippen LogP contribution in [0.15, 0.2) is 36.4 Å². The van der Waals surface area contributed by atoms with Crippen molar-refractivity contribution in [3.8, 4) is 6.07 Å². The van der Waals surface area contributed by atoms with E-state index in [-0.39, 0.29) is 0 Å². The average Bonchev–Trinajstić information content (AvgIpc) is 3.09. The van der Waals surface area contributed by atoms with Crippen molar-refractivity contribution in [2.45, 2.75) is 32.6 Å². The van der Waals surface area contributed by atoms with Gasteiger partial charge in [-0.15, -0.1) is 0 Å². The van der Waals surface area contributed by atoms with Crippen molar-refractivity contribution in [3.05, 3.63) is 69.8 Å². The molecule has 1 heteroatoms. The van der Waals surface area contributed by atoms with Crippen LogP contribution in [0.5, 0.6) is 0 Å². The van der Waals surface area contributed by atoms with E-state index in [1.54, 1.807) is 0 Å². The fraction of sp³-hybridized carbons (Fsp3) is 0.250. The first-order valence-electron chi connectivity index (χ1n) is 7.61. The Kier molecular flexibility index (Phi) is 2.72. The van der Waals surface area contributed by atoms with Gasteiger partial charge in [0.25, 0.3) is 0 Å². The average molecular weight is 271 g/mol. The van der Waals surface area contributed by atoms with E-state index in [1.165, 1.54) is 45.4 Å². The molecule has 0 amide bonds. The highest BCUT2D eigenvalue weighted by Gasteiger charge is 2.25. The first kappa shape index (κ1) is 12.4. The van der Waals surface area contributed by atoms with Crippen molar-refractivity contribution in [1.29, 1.82) is 5.26 Å². The lowest BCUT2D eigenvalue weighted by atomic mass is 9.96. The lowest BCUT2D eigenvalue weighted by Crippen LogP contribution is -1.87. The fourth-order valence-corrected chi connectivity index (χ4v) is 3.80. The Balaban J connectivity index is 1.86. The summed E-state index contributed by atoms with van der Waals surface area (Å²) in [5.74, 6) is 0. The third kappa shape index (κ3) is 1.91. The minimum absolute atomic E-state index is 0.780. The zero-order valence-electron chi connectivity index (χ0n) is 12.2. The van der Waals surface area contributed by atoms with E-state index in [1.807, 2.05) is 6.07 Å². The van der Waals surface area contributed by atoms with Gasteiger partial charge in [0.2, 0.25) is 0 Å². The molecule has 0 saturated heterocycles. The molecule has 0 saturated carbocycles. The molecule has 0 aromatic heterocycles. The van der Waals surface area contributed by atoms with Crippen LogP contribution in [-0.2, 0) is 12.8 Å². The van der Waals surface area contributed by atoms with Crippen molar-refractivity contribution in [2.75, 3.05) is 0 Å². The molecule has 0 unspecified atom stereocenters. The maximum Gasteiger partial charge on any atom is 0.0991 e. The van der Waals surface area contributed by atoms with E-state index in [9.17, 15) is 0 Å². The molecule has 0 atom stereocenters. The Morgan fingerprint density at radius 1 is 0.810 bits per heavy atom. The van der Waals surface area contributed by atoms with Gasteiger partial charge >= 0.3 is 0 Å². The summed E-state index contributed by atoms with van der Waals surface area (Å²) in [4.78, 5) is 0. The van der Waals surface area contributed by atoms with E-state index in [0.29, 0.717) is 0 Å². The van der Waals surface area contributed by atoms with Crippen LogP contribution in [0.2, 0.25) is 0 Å². The number of benzene rings is 2. The molecule has 0 radical (unpaired) electrons. The van der Waals surface area contributed by atoms with Crippen LogP contribution in [0.25, 0.3) is 11.1 Å². The lowest BCUT2D eigenvalue weighted by Gasteiger charge is -2.08. The van der Waals surface area contributed by atoms with Gasteiger partial charge in [0, 0.05) is 0 Å². The van der Waals surface area contributed by atoms with Crippen molar-refractivity contribution in [3.63, 3.8) is 0 Å². The normalized spacial score (nSPS) is 19.2. The Morgan fingerprint density at radius 2 is 1.43 bits per heavy atom.